The van der Waals surface area contributed by atoms with Gasteiger partial charge in [-0.05, 0) is 48.4 Å². The molecule has 1 aliphatic heterocycles. The van der Waals surface area contributed by atoms with Gasteiger partial charge >= 0.3 is 0 Å². The van der Waals surface area contributed by atoms with Gasteiger partial charge in [0.25, 0.3) is 10.0 Å². The average molecular weight is 515 g/mol. The SMILES string of the molecule is Cc1ccc(S(=O)(=O)n2cc(-c3ccc(O)c(C#N)c3)c3cc(C=CCN4CCOCC4)cnc32)cc1. The van der Waals surface area contributed by atoms with E-state index in [0.29, 0.717) is 16.5 Å². The van der Waals surface area contributed by atoms with Crippen LogP contribution < -0.4 is 0 Å². The zero-order chi connectivity index (χ0) is 26.0. The van der Waals surface area contributed by atoms with Gasteiger partial charge < -0.3 is 9.84 Å². The Kier molecular flexibility index (Phi) is 6.80. The molecule has 3 heterocycles. The molecular formula is C28H26N4O4S. The Morgan fingerprint density at radius 3 is 2.62 bits per heavy atom. The summed E-state index contributed by atoms with van der Waals surface area (Å²) in [4.78, 5) is 6.99. The van der Waals surface area contributed by atoms with Crippen molar-refractivity contribution >= 4 is 27.1 Å². The predicted molar refractivity (Wildman–Crippen MR) is 142 cm³/mol. The highest BCUT2D eigenvalue weighted by atomic mass is 32.2. The Morgan fingerprint density at radius 1 is 1.14 bits per heavy atom. The Bertz CT molecular complexity index is 1630. The third-order valence-corrected chi connectivity index (χ3v) is 8.08. The number of rotatable bonds is 6. The van der Waals surface area contributed by atoms with E-state index in [-0.39, 0.29) is 21.9 Å². The Labute approximate surface area is 215 Å². The molecule has 9 heteroatoms. The molecular weight excluding hydrogens is 488 g/mol. The smallest absolute Gasteiger partial charge is 0.269 e. The molecule has 0 atom stereocenters. The first-order valence-corrected chi connectivity index (χ1v) is 13.3. The van der Waals surface area contributed by atoms with Crippen molar-refractivity contribution in [1.29, 1.82) is 5.26 Å². The van der Waals surface area contributed by atoms with Crippen LogP contribution in [-0.4, -0.2) is 60.2 Å². The third-order valence-electron chi connectivity index (χ3n) is 6.42. The summed E-state index contributed by atoms with van der Waals surface area (Å²) in [6.07, 6.45) is 7.21. The molecule has 37 heavy (non-hydrogen) atoms. The molecule has 5 rings (SSSR count). The monoisotopic (exact) mass is 514 g/mol. The molecule has 1 aliphatic rings. The number of fused-ring (bicyclic) bond motifs is 1. The standard InChI is InChI=1S/C28H26N4O4S/c1-20-4-7-24(8-5-20)37(34,35)32-19-26(22-6-9-27(33)23(16-22)17-29)25-15-21(18-30-28(25)32)3-2-10-31-11-13-36-14-12-31/h2-9,15-16,18-19,33H,10-14H2,1H3. The molecule has 2 aromatic carbocycles. The average Bonchev–Trinajstić information content (AvgIpc) is 3.30. The summed E-state index contributed by atoms with van der Waals surface area (Å²) >= 11 is 0. The second kappa shape index (κ2) is 10.2. The molecule has 0 radical (unpaired) electrons. The Balaban J connectivity index is 1.61. The lowest BCUT2D eigenvalue weighted by atomic mass is 10.0. The minimum absolute atomic E-state index is 0.106. The molecule has 2 aromatic heterocycles. The molecule has 0 saturated carbocycles. The minimum Gasteiger partial charge on any atom is -0.507 e. The van der Waals surface area contributed by atoms with Crippen LogP contribution >= 0.6 is 0 Å². The number of phenols is 1. The lowest BCUT2D eigenvalue weighted by molar-refractivity contribution is 0.0435. The lowest BCUT2D eigenvalue weighted by Gasteiger charge is -2.25. The summed E-state index contributed by atoms with van der Waals surface area (Å²) in [7, 11) is -3.93. The number of benzene rings is 2. The van der Waals surface area contributed by atoms with Gasteiger partial charge in [0.05, 0.1) is 23.7 Å². The van der Waals surface area contributed by atoms with Crippen LogP contribution in [0, 0.1) is 18.3 Å². The first kappa shape index (κ1) is 24.7. The molecule has 0 bridgehead atoms. The van der Waals surface area contributed by atoms with Crippen LogP contribution in [0.1, 0.15) is 16.7 Å². The first-order chi connectivity index (χ1) is 17.9. The van der Waals surface area contributed by atoms with Gasteiger partial charge in [-0.2, -0.15) is 5.26 Å². The number of nitriles is 1. The van der Waals surface area contributed by atoms with Crippen molar-refractivity contribution < 1.29 is 18.3 Å². The maximum atomic E-state index is 13.6. The van der Waals surface area contributed by atoms with Gasteiger partial charge in [0, 0.05) is 43.0 Å². The number of pyridine rings is 1. The van der Waals surface area contributed by atoms with Gasteiger partial charge in [-0.15, -0.1) is 0 Å². The molecule has 0 spiro atoms. The van der Waals surface area contributed by atoms with E-state index in [2.05, 4.69) is 16.0 Å². The van der Waals surface area contributed by atoms with Crippen LogP contribution in [0.15, 0.2) is 71.9 Å². The van der Waals surface area contributed by atoms with Crippen molar-refractivity contribution in [3.63, 3.8) is 0 Å². The number of aromatic nitrogens is 2. The quantitative estimate of drug-likeness (QED) is 0.411. The van der Waals surface area contributed by atoms with Crippen LogP contribution in [0.2, 0.25) is 0 Å². The van der Waals surface area contributed by atoms with Crippen molar-refractivity contribution in [2.45, 2.75) is 11.8 Å². The van der Waals surface area contributed by atoms with Crippen LogP contribution in [-0.2, 0) is 14.8 Å². The summed E-state index contributed by atoms with van der Waals surface area (Å²) in [5.74, 6) is -0.132. The third kappa shape index (κ3) is 5.00. The van der Waals surface area contributed by atoms with E-state index in [0.717, 1.165) is 44.0 Å². The van der Waals surface area contributed by atoms with Crippen molar-refractivity contribution in [3.05, 3.63) is 83.7 Å². The van der Waals surface area contributed by atoms with Gasteiger partial charge in [-0.1, -0.05) is 35.9 Å². The number of morpholine rings is 1. The summed E-state index contributed by atoms with van der Waals surface area (Å²) in [6.45, 7) is 5.89. The number of aryl methyl sites for hydroxylation is 1. The largest absolute Gasteiger partial charge is 0.507 e. The van der Waals surface area contributed by atoms with Crippen LogP contribution in [0.4, 0.5) is 0 Å². The van der Waals surface area contributed by atoms with Crippen LogP contribution in [0.3, 0.4) is 0 Å². The van der Waals surface area contributed by atoms with E-state index in [1.54, 1.807) is 42.6 Å². The van der Waals surface area contributed by atoms with Gasteiger partial charge in [-0.3, -0.25) is 4.90 Å². The summed E-state index contributed by atoms with van der Waals surface area (Å²) in [6, 6.07) is 15.2. The fourth-order valence-corrected chi connectivity index (χ4v) is 5.66. The fraction of sp³-hybridized carbons (Fsp3) is 0.214. The summed E-state index contributed by atoms with van der Waals surface area (Å²) in [5, 5.41) is 20.0. The molecule has 0 aliphatic carbocycles. The maximum absolute atomic E-state index is 13.6. The number of hydrogen-bond donors (Lipinski definition) is 1. The van der Waals surface area contributed by atoms with Crippen LogP contribution in [0.5, 0.6) is 5.75 Å². The van der Waals surface area contributed by atoms with Gasteiger partial charge in [0.2, 0.25) is 0 Å². The lowest BCUT2D eigenvalue weighted by Crippen LogP contribution is -2.36. The van der Waals surface area contributed by atoms with E-state index < -0.39 is 10.0 Å². The van der Waals surface area contributed by atoms with Gasteiger partial charge in [0.15, 0.2) is 5.65 Å². The molecule has 0 amide bonds. The highest BCUT2D eigenvalue weighted by molar-refractivity contribution is 7.90. The zero-order valence-corrected chi connectivity index (χ0v) is 21.1. The molecule has 0 unspecified atom stereocenters. The highest BCUT2D eigenvalue weighted by Gasteiger charge is 2.23. The number of hydrogen-bond acceptors (Lipinski definition) is 7. The molecule has 1 saturated heterocycles. The highest BCUT2D eigenvalue weighted by Crippen LogP contribution is 2.34. The van der Waals surface area contributed by atoms with Crippen molar-refractivity contribution in [1.82, 2.24) is 13.9 Å². The van der Waals surface area contributed by atoms with Crippen molar-refractivity contribution in [2.75, 3.05) is 32.8 Å². The van der Waals surface area contributed by atoms with E-state index in [9.17, 15) is 18.8 Å². The van der Waals surface area contributed by atoms with Gasteiger partial charge in [0.1, 0.15) is 11.8 Å². The number of aromatic hydroxyl groups is 1. The minimum atomic E-state index is -3.93. The molecule has 188 valence electrons. The summed E-state index contributed by atoms with van der Waals surface area (Å²) in [5.41, 5.74) is 3.37. The first-order valence-electron chi connectivity index (χ1n) is 11.9. The number of phenolic OH excluding ortho intramolecular Hbond substituents is 1. The maximum Gasteiger partial charge on any atom is 0.269 e. The van der Waals surface area contributed by atoms with E-state index >= 15 is 0 Å². The van der Waals surface area contributed by atoms with E-state index in [4.69, 9.17) is 4.74 Å². The Morgan fingerprint density at radius 2 is 1.89 bits per heavy atom. The topological polar surface area (TPSA) is 108 Å². The zero-order valence-electron chi connectivity index (χ0n) is 20.3. The normalized spacial score (nSPS) is 14.8. The second-order valence-electron chi connectivity index (χ2n) is 8.96. The molecule has 1 fully saturated rings. The molecule has 8 nitrogen and oxygen atoms in total. The predicted octanol–water partition coefficient (Wildman–Crippen LogP) is 4.17. The number of ether oxygens (including phenoxy) is 1. The van der Waals surface area contributed by atoms with Crippen molar-refractivity contribution in [2.24, 2.45) is 0 Å². The van der Waals surface area contributed by atoms with Crippen molar-refractivity contribution in [3.8, 4) is 22.9 Å². The second-order valence-corrected chi connectivity index (χ2v) is 10.8. The molecule has 4 aromatic rings. The molecule has 1 N–H and O–H groups in total. The van der Waals surface area contributed by atoms with Crippen LogP contribution in [0.25, 0.3) is 28.2 Å². The fourth-order valence-electron chi connectivity index (χ4n) is 4.34. The number of nitrogens with zero attached hydrogens (tertiary/aromatic N) is 4. The van der Waals surface area contributed by atoms with E-state index in [1.807, 2.05) is 25.1 Å². The van der Waals surface area contributed by atoms with E-state index in [1.165, 1.54) is 16.2 Å². The van der Waals surface area contributed by atoms with Gasteiger partial charge in [-0.25, -0.2) is 17.4 Å². The summed E-state index contributed by atoms with van der Waals surface area (Å²) < 4.78 is 33.8. The Hall–Kier alpha value is -3.97.